The molecule has 0 aliphatic rings. The second-order valence-electron chi connectivity index (χ2n) is 7.07. The van der Waals surface area contributed by atoms with Crippen molar-refractivity contribution in [2.75, 3.05) is 10.0 Å². The maximum atomic E-state index is 13.2. The van der Waals surface area contributed by atoms with E-state index in [1.807, 2.05) is 34.6 Å². The van der Waals surface area contributed by atoms with Gasteiger partial charge in [0.05, 0.1) is 16.8 Å². The Morgan fingerprint density at radius 2 is 1.41 bits per heavy atom. The maximum Gasteiger partial charge on any atom is 0.291 e. The number of amides is 1. The summed E-state index contributed by atoms with van der Waals surface area (Å²) >= 11 is 0. The van der Waals surface area contributed by atoms with Crippen molar-refractivity contribution in [1.82, 2.24) is 0 Å². The van der Waals surface area contributed by atoms with E-state index in [1.54, 1.807) is 36.4 Å². The fourth-order valence-corrected chi connectivity index (χ4v) is 4.99. The van der Waals surface area contributed by atoms with Crippen LogP contribution in [0.15, 0.2) is 52.0 Å². The van der Waals surface area contributed by atoms with Crippen LogP contribution < -0.4 is 10.0 Å². The highest BCUT2D eigenvalue weighted by atomic mass is 32.2. The van der Waals surface area contributed by atoms with E-state index in [2.05, 4.69) is 10.0 Å². The molecule has 2 aromatic carbocycles. The van der Waals surface area contributed by atoms with Crippen LogP contribution in [0.4, 0.5) is 11.4 Å². The Morgan fingerprint density at radius 3 is 2.00 bits per heavy atom. The molecule has 0 unspecified atom stereocenters. The molecular formula is C22H24N2O4S. The summed E-state index contributed by atoms with van der Waals surface area (Å²) in [5, 5.41) is 2.69. The van der Waals surface area contributed by atoms with Crippen molar-refractivity contribution in [3.63, 3.8) is 0 Å². The number of hydrogen-bond donors (Lipinski definition) is 2. The van der Waals surface area contributed by atoms with Gasteiger partial charge in [0.2, 0.25) is 0 Å². The van der Waals surface area contributed by atoms with Crippen LogP contribution in [-0.2, 0) is 10.0 Å². The predicted molar refractivity (Wildman–Crippen MR) is 114 cm³/mol. The van der Waals surface area contributed by atoms with E-state index in [9.17, 15) is 13.2 Å². The van der Waals surface area contributed by atoms with E-state index in [0.717, 1.165) is 27.8 Å². The smallest absolute Gasteiger partial charge is 0.291 e. The molecule has 1 heterocycles. The van der Waals surface area contributed by atoms with Crippen LogP contribution in [0.5, 0.6) is 0 Å². The number of sulfonamides is 1. The molecule has 29 heavy (non-hydrogen) atoms. The van der Waals surface area contributed by atoms with Gasteiger partial charge in [-0.1, -0.05) is 6.07 Å². The van der Waals surface area contributed by atoms with E-state index < -0.39 is 15.9 Å². The minimum absolute atomic E-state index is 0.174. The second kappa shape index (κ2) is 7.75. The number of nitrogens with one attached hydrogen (secondary N) is 2. The third-order valence-corrected chi connectivity index (χ3v) is 6.97. The van der Waals surface area contributed by atoms with E-state index in [1.165, 1.54) is 6.26 Å². The van der Waals surface area contributed by atoms with Gasteiger partial charge in [-0.05, 0) is 92.8 Å². The lowest BCUT2D eigenvalue weighted by molar-refractivity contribution is 0.0996. The lowest BCUT2D eigenvalue weighted by Gasteiger charge is -2.19. The molecule has 0 bridgehead atoms. The van der Waals surface area contributed by atoms with Crippen LogP contribution in [0.2, 0.25) is 0 Å². The van der Waals surface area contributed by atoms with Gasteiger partial charge in [0, 0.05) is 5.69 Å². The topological polar surface area (TPSA) is 88.4 Å². The van der Waals surface area contributed by atoms with Gasteiger partial charge in [0.15, 0.2) is 5.76 Å². The van der Waals surface area contributed by atoms with Crippen molar-refractivity contribution in [2.45, 2.75) is 39.5 Å². The Hall–Kier alpha value is -3.06. The summed E-state index contributed by atoms with van der Waals surface area (Å²) in [6.45, 7) is 9.51. The van der Waals surface area contributed by atoms with E-state index in [4.69, 9.17) is 4.42 Å². The third kappa shape index (κ3) is 4.05. The number of carbonyl (C=O) groups excluding carboxylic acids is 1. The average molecular weight is 413 g/mol. The van der Waals surface area contributed by atoms with Gasteiger partial charge < -0.3 is 9.73 Å². The Bertz CT molecular complexity index is 1150. The zero-order chi connectivity index (χ0) is 21.3. The number of carbonyl (C=O) groups is 1. The molecule has 6 nitrogen and oxygen atoms in total. The molecule has 3 aromatic rings. The van der Waals surface area contributed by atoms with Crippen LogP contribution in [0.25, 0.3) is 0 Å². The number of anilines is 2. The van der Waals surface area contributed by atoms with Crippen LogP contribution in [-0.4, -0.2) is 14.3 Å². The van der Waals surface area contributed by atoms with Gasteiger partial charge in [-0.15, -0.1) is 0 Å². The highest BCUT2D eigenvalue weighted by molar-refractivity contribution is 7.92. The standard InChI is InChI=1S/C22H24N2O4S/c1-13-14(2)16(4)21(17(5)15(13)3)29(26,27)24-19-9-6-8-18(12-19)23-22(25)20-10-7-11-28-20/h6-12,24H,1-5H3,(H,23,25). The summed E-state index contributed by atoms with van der Waals surface area (Å²) in [5.41, 5.74) is 5.32. The van der Waals surface area contributed by atoms with E-state index in [-0.39, 0.29) is 5.76 Å². The lowest BCUT2D eigenvalue weighted by atomic mass is 9.95. The minimum Gasteiger partial charge on any atom is -0.459 e. The summed E-state index contributed by atoms with van der Waals surface area (Å²) in [7, 11) is -3.81. The molecule has 0 spiro atoms. The predicted octanol–water partition coefficient (Wildman–Crippen LogP) is 4.87. The lowest BCUT2D eigenvalue weighted by Crippen LogP contribution is -2.18. The summed E-state index contributed by atoms with van der Waals surface area (Å²) in [4.78, 5) is 12.4. The molecule has 2 N–H and O–H groups in total. The molecule has 3 rings (SSSR count). The quantitative estimate of drug-likeness (QED) is 0.625. The largest absolute Gasteiger partial charge is 0.459 e. The average Bonchev–Trinajstić information content (AvgIpc) is 3.19. The normalized spacial score (nSPS) is 11.3. The number of rotatable bonds is 5. The van der Waals surface area contributed by atoms with Crippen molar-refractivity contribution in [2.24, 2.45) is 0 Å². The first-order valence-corrected chi connectivity index (χ1v) is 10.6. The van der Waals surface area contributed by atoms with Gasteiger partial charge >= 0.3 is 0 Å². The summed E-state index contributed by atoms with van der Waals surface area (Å²) in [6, 6.07) is 9.72. The zero-order valence-electron chi connectivity index (χ0n) is 17.1. The van der Waals surface area contributed by atoms with Crippen LogP contribution in [0.3, 0.4) is 0 Å². The van der Waals surface area contributed by atoms with Crippen molar-refractivity contribution in [3.05, 3.63) is 76.2 Å². The molecular weight excluding hydrogens is 388 g/mol. The molecule has 0 aliphatic carbocycles. The van der Waals surface area contributed by atoms with Gasteiger partial charge in [-0.2, -0.15) is 0 Å². The Labute approximate surface area is 171 Å². The first kappa shape index (κ1) is 20.7. The Morgan fingerprint density at radius 1 is 0.828 bits per heavy atom. The molecule has 0 saturated carbocycles. The number of benzene rings is 2. The van der Waals surface area contributed by atoms with Gasteiger partial charge in [0.25, 0.3) is 15.9 Å². The molecule has 0 radical (unpaired) electrons. The molecule has 7 heteroatoms. The maximum absolute atomic E-state index is 13.2. The Kier molecular flexibility index (Phi) is 5.53. The molecule has 1 amide bonds. The molecule has 0 atom stereocenters. The van der Waals surface area contributed by atoms with Crippen molar-refractivity contribution in [3.8, 4) is 0 Å². The van der Waals surface area contributed by atoms with Crippen molar-refractivity contribution >= 4 is 27.3 Å². The van der Waals surface area contributed by atoms with Crippen molar-refractivity contribution < 1.29 is 17.6 Å². The van der Waals surface area contributed by atoms with Crippen molar-refractivity contribution in [1.29, 1.82) is 0 Å². The zero-order valence-corrected chi connectivity index (χ0v) is 17.9. The third-order valence-electron chi connectivity index (χ3n) is 5.32. The fourth-order valence-electron chi connectivity index (χ4n) is 3.34. The van der Waals surface area contributed by atoms with Crippen LogP contribution >= 0.6 is 0 Å². The summed E-state index contributed by atoms with van der Waals surface area (Å²) in [5.74, 6) is -0.237. The number of hydrogen-bond acceptors (Lipinski definition) is 4. The van der Waals surface area contributed by atoms with E-state index >= 15 is 0 Å². The summed E-state index contributed by atoms with van der Waals surface area (Å²) < 4.78 is 34.0. The van der Waals surface area contributed by atoms with Crippen LogP contribution in [0, 0.1) is 34.6 Å². The SMILES string of the molecule is Cc1c(C)c(C)c(S(=O)(=O)Nc2cccc(NC(=O)c3ccco3)c2)c(C)c1C. The fraction of sp³-hybridized carbons (Fsp3) is 0.227. The van der Waals surface area contributed by atoms with E-state index in [0.29, 0.717) is 16.3 Å². The highest BCUT2D eigenvalue weighted by Gasteiger charge is 2.24. The molecule has 0 saturated heterocycles. The highest BCUT2D eigenvalue weighted by Crippen LogP contribution is 2.31. The van der Waals surface area contributed by atoms with Gasteiger partial charge in [-0.3, -0.25) is 9.52 Å². The molecule has 0 fully saturated rings. The van der Waals surface area contributed by atoms with Crippen LogP contribution in [0.1, 0.15) is 38.4 Å². The van der Waals surface area contributed by atoms with Gasteiger partial charge in [-0.25, -0.2) is 8.42 Å². The minimum atomic E-state index is -3.81. The molecule has 1 aromatic heterocycles. The first-order valence-electron chi connectivity index (χ1n) is 9.16. The molecule has 0 aliphatic heterocycles. The molecule has 152 valence electrons. The first-order chi connectivity index (χ1) is 13.6. The summed E-state index contributed by atoms with van der Waals surface area (Å²) in [6.07, 6.45) is 1.41. The second-order valence-corrected chi connectivity index (χ2v) is 8.69. The van der Waals surface area contributed by atoms with Gasteiger partial charge in [0.1, 0.15) is 0 Å². The monoisotopic (exact) mass is 412 g/mol. The number of furan rings is 1. The Balaban J connectivity index is 1.92.